The summed E-state index contributed by atoms with van der Waals surface area (Å²) in [4.78, 5) is 38.9. The number of benzene rings is 1. The molecule has 0 saturated heterocycles. The van der Waals surface area contributed by atoms with Gasteiger partial charge in [-0.15, -0.1) is 11.3 Å². The summed E-state index contributed by atoms with van der Waals surface area (Å²) in [7, 11) is 0. The van der Waals surface area contributed by atoms with E-state index in [9.17, 15) is 9.59 Å². The van der Waals surface area contributed by atoms with Crippen LogP contribution < -0.4 is 10.2 Å². The molecular weight excluding hydrogens is 456 g/mol. The van der Waals surface area contributed by atoms with E-state index < -0.39 is 0 Å². The molecule has 1 saturated carbocycles. The van der Waals surface area contributed by atoms with E-state index in [1.54, 1.807) is 18.5 Å². The minimum absolute atomic E-state index is 0.00244. The number of rotatable bonds is 4. The number of aryl methyl sites for hydroxylation is 1. The van der Waals surface area contributed by atoms with Gasteiger partial charge in [-0.1, -0.05) is 24.3 Å². The van der Waals surface area contributed by atoms with Gasteiger partial charge < -0.3 is 10.2 Å². The van der Waals surface area contributed by atoms with Gasteiger partial charge in [0, 0.05) is 41.0 Å². The molecule has 0 bridgehead atoms. The predicted molar refractivity (Wildman–Crippen MR) is 138 cm³/mol. The zero-order chi connectivity index (χ0) is 23.9. The zero-order valence-corrected chi connectivity index (χ0v) is 20.1. The van der Waals surface area contributed by atoms with Crippen LogP contribution in [0.5, 0.6) is 0 Å². The Morgan fingerprint density at radius 1 is 1.06 bits per heavy atom. The number of nitrogens with one attached hydrogen (secondary N) is 1. The molecule has 7 heteroatoms. The Kier molecular flexibility index (Phi) is 5.41. The third-order valence-electron chi connectivity index (χ3n) is 6.37. The number of hydrogen-bond donors (Lipinski definition) is 1. The first kappa shape index (κ1) is 21.7. The van der Waals surface area contributed by atoms with Crippen LogP contribution in [0.1, 0.15) is 44.1 Å². The van der Waals surface area contributed by atoms with Crippen molar-refractivity contribution in [2.75, 3.05) is 11.4 Å². The molecule has 35 heavy (non-hydrogen) atoms. The molecule has 0 atom stereocenters. The van der Waals surface area contributed by atoms with Gasteiger partial charge in [-0.2, -0.15) is 0 Å². The van der Waals surface area contributed by atoms with Crippen molar-refractivity contribution in [1.29, 1.82) is 0 Å². The maximum Gasteiger partial charge on any atom is 0.276 e. The maximum atomic E-state index is 13.7. The number of aromatic nitrogens is 2. The number of carbonyl (C=O) groups excluding carboxylic acids is 2. The summed E-state index contributed by atoms with van der Waals surface area (Å²) in [5, 5.41) is 3.08. The van der Waals surface area contributed by atoms with Crippen LogP contribution in [0.15, 0.2) is 67.0 Å². The molecule has 174 valence electrons. The number of thiophene rings is 1. The standard InChI is InChI=1S/C28H24N4O2S/c1-17-13-19(16-29-15-17)22-6-4-7-23(31-22)28(34)32-12-11-18-14-25(27(33)30-20-9-10-20)35-26(18)21-5-2-3-8-24(21)32/h2-8,13-16,20H,9-12H2,1H3,(H,30,33). The maximum absolute atomic E-state index is 13.7. The van der Waals surface area contributed by atoms with Gasteiger partial charge in [0.25, 0.3) is 11.8 Å². The minimum atomic E-state index is -0.137. The molecule has 2 aliphatic rings. The van der Waals surface area contributed by atoms with Crippen LogP contribution in [-0.2, 0) is 6.42 Å². The fraction of sp³-hybridized carbons (Fsp3) is 0.214. The van der Waals surface area contributed by atoms with Gasteiger partial charge in [0.05, 0.1) is 16.3 Å². The van der Waals surface area contributed by atoms with Crippen LogP contribution >= 0.6 is 11.3 Å². The van der Waals surface area contributed by atoms with E-state index in [1.165, 1.54) is 11.3 Å². The van der Waals surface area contributed by atoms with Gasteiger partial charge in [0.1, 0.15) is 5.69 Å². The van der Waals surface area contributed by atoms with E-state index in [-0.39, 0.29) is 11.8 Å². The van der Waals surface area contributed by atoms with Crippen LogP contribution in [-0.4, -0.2) is 34.4 Å². The molecule has 3 aromatic heterocycles. The van der Waals surface area contributed by atoms with Crippen LogP contribution in [0, 0.1) is 6.92 Å². The van der Waals surface area contributed by atoms with Gasteiger partial charge in [-0.05, 0) is 67.6 Å². The Labute approximate surface area is 207 Å². The zero-order valence-electron chi connectivity index (χ0n) is 19.3. The lowest BCUT2D eigenvalue weighted by Crippen LogP contribution is -2.33. The molecule has 4 aromatic rings. The van der Waals surface area contributed by atoms with E-state index in [0.717, 1.165) is 56.2 Å². The summed E-state index contributed by atoms with van der Waals surface area (Å²) in [5.41, 5.74) is 5.97. The van der Waals surface area contributed by atoms with Gasteiger partial charge in [0.15, 0.2) is 0 Å². The second-order valence-electron chi connectivity index (χ2n) is 9.10. The van der Waals surface area contributed by atoms with E-state index in [2.05, 4.69) is 15.3 Å². The number of nitrogens with zero attached hydrogens (tertiary/aromatic N) is 3. The third-order valence-corrected chi connectivity index (χ3v) is 7.58. The monoisotopic (exact) mass is 480 g/mol. The fourth-order valence-corrected chi connectivity index (χ4v) is 5.60. The lowest BCUT2D eigenvalue weighted by molar-refractivity contribution is 0.0952. The molecule has 1 N–H and O–H groups in total. The van der Waals surface area contributed by atoms with Crippen molar-refractivity contribution in [3.63, 3.8) is 0 Å². The van der Waals surface area contributed by atoms with Crippen molar-refractivity contribution in [3.8, 4) is 21.7 Å². The highest BCUT2D eigenvalue weighted by Crippen LogP contribution is 2.42. The lowest BCUT2D eigenvalue weighted by Gasteiger charge is -2.23. The first-order valence-electron chi connectivity index (χ1n) is 11.8. The molecule has 1 aliphatic carbocycles. The average molecular weight is 481 g/mol. The molecule has 6 rings (SSSR count). The second kappa shape index (κ2) is 8.74. The molecule has 0 radical (unpaired) electrons. The number of para-hydroxylation sites is 1. The van der Waals surface area contributed by atoms with Gasteiger partial charge >= 0.3 is 0 Å². The van der Waals surface area contributed by atoms with Crippen molar-refractivity contribution >= 4 is 28.8 Å². The first-order valence-corrected chi connectivity index (χ1v) is 12.6. The van der Waals surface area contributed by atoms with Crippen LogP contribution in [0.2, 0.25) is 0 Å². The van der Waals surface area contributed by atoms with E-state index in [4.69, 9.17) is 0 Å². The Morgan fingerprint density at radius 2 is 1.91 bits per heavy atom. The normalized spacial score (nSPS) is 14.6. The summed E-state index contributed by atoms with van der Waals surface area (Å²) in [6, 6.07) is 17.8. The molecule has 1 aromatic carbocycles. The Morgan fingerprint density at radius 3 is 2.74 bits per heavy atom. The molecular formula is C28H24N4O2S. The first-order chi connectivity index (χ1) is 17.1. The molecule has 1 aliphatic heterocycles. The van der Waals surface area contributed by atoms with E-state index in [1.807, 2.05) is 60.4 Å². The molecule has 2 amide bonds. The van der Waals surface area contributed by atoms with Crippen LogP contribution in [0.3, 0.4) is 0 Å². The smallest absolute Gasteiger partial charge is 0.276 e. The number of anilines is 1. The molecule has 6 nitrogen and oxygen atoms in total. The van der Waals surface area contributed by atoms with Crippen molar-refractivity contribution in [2.24, 2.45) is 0 Å². The Balaban J connectivity index is 1.34. The highest BCUT2D eigenvalue weighted by atomic mass is 32.1. The third kappa shape index (κ3) is 4.23. The van der Waals surface area contributed by atoms with Crippen molar-refractivity contribution < 1.29 is 9.59 Å². The van der Waals surface area contributed by atoms with Gasteiger partial charge in [-0.3, -0.25) is 14.6 Å². The van der Waals surface area contributed by atoms with E-state index >= 15 is 0 Å². The quantitative estimate of drug-likeness (QED) is 0.431. The second-order valence-corrected chi connectivity index (χ2v) is 10.1. The fourth-order valence-electron chi connectivity index (χ4n) is 4.45. The summed E-state index contributed by atoms with van der Waals surface area (Å²) in [6.07, 6.45) is 6.36. The van der Waals surface area contributed by atoms with Crippen LogP contribution in [0.4, 0.5) is 5.69 Å². The van der Waals surface area contributed by atoms with Crippen molar-refractivity contribution in [2.45, 2.75) is 32.2 Å². The summed E-state index contributed by atoms with van der Waals surface area (Å²) >= 11 is 1.51. The number of carbonyl (C=O) groups is 2. The van der Waals surface area contributed by atoms with Gasteiger partial charge in [0.2, 0.25) is 0 Å². The number of amides is 2. The van der Waals surface area contributed by atoms with Crippen molar-refractivity contribution in [1.82, 2.24) is 15.3 Å². The Hall–Kier alpha value is -3.84. The van der Waals surface area contributed by atoms with Crippen LogP contribution in [0.25, 0.3) is 21.7 Å². The number of fused-ring (bicyclic) bond motifs is 3. The molecule has 1 fully saturated rings. The SMILES string of the molecule is Cc1cncc(-c2cccc(C(=O)N3CCc4cc(C(=O)NC5CC5)sc4-c4ccccc43)n2)c1. The average Bonchev–Trinajstić information content (AvgIpc) is 3.62. The summed E-state index contributed by atoms with van der Waals surface area (Å²) < 4.78 is 0. The summed E-state index contributed by atoms with van der Waals surface area (Å²) in [5.74, 6) is -0.135. The molecule has 0 unspecified atom stereocenters. The topological polar surface area (TPSA) is 75.2 Å². The van der Waals surface area contributed by atoms with Gasteiger partial charge in [-0.25, -0.2) is 4.98 Å². The Bertz CT molecular complexity index is 1460. The number of hydrogen-bond acceptors (Lipinski definition) is 5. The predicted octanol–water partition coefficient (Wildman–Crippen LogP) is 5.28. The highest BCUT2D eigenvalue weighted by molar-refractivity contribution is 7.17. The number of pyridine rings is 2. The largest absolute Gasteiger partial charge is 0.349 e. The molecule has 4 heterocycles. The van der Waals surface area contributed by atoms with Crippen molar-refractivity contribution in [3.05, 3.63) is 88.7 Å². The highest BCUT2D eigenvalue weighted by Gasteiger charge is 2.29. The van der Waals surface area contributed by atoms with E-state index in [0.29, 0.717) is 24.7 Å². The summed E-state index contributed by atoms with van der Waals surface area (Å²) in [6.45, 7) is 2.50. The minimum Gasteiger partial charge on any atom is -0.349 e. The molecule has 0 spiro atoms. The lowest BCUT2D eigenvalue weighted by atomic mass is 10.1.